The summed E-state index contributed by atoms with van der Waals surface area (Å²) in [5, 5.41) is 27.2. The molecule has 0 unspecified atom stereocenters. The molecule has 2 amide bonds. The highest BCUT2D eigenvalue weighted by molar-refractivity contribution is 7.91. The summed E-state index contributed by atoms with van der Waals surface area (Å²) in [5.74, 6) is -1.08. The molecular weight excluding hydrogens is 464 g/mol. The third kappa shape index (κ3) is 8.76. The highest BCUT2D eigenvalue weighted by Gasteiger charge is 2.34. The number of aliphatic hydroxyl groups excluding tert-OH is 2. The Hall–Kier alpha value is -2.96. The van der Waals surface area contributed by atoms with E-state index >= 15 is 0 Å². The number of sulfonamides is 1. The molecule has 2 rings (SSSR count). The standard InChI is InChI=1S/C22H32N4O7S/c1-4-5-11-16(23-14(2)27)19(28)20(29)17(12-15-9-7-6-8-10-15)24-21(30)18-13-33-22(25-18)26-34(3,31)32/h6-10,13,16-17,19-20,28-29H,4-5,11-12H2,1-3H3,(H,23,27)(H,24,30)(H,25,26)/t16-,17+,19-,20-/m1/s1. The molecular formula is C22H32N4O7S. The molecule has 0 aliphatic rings. The number of hydrogen-bond acceptors (Lipinski definition) is 8. The van der Waals surface area contributed by atoms with Gasteiger partial charge in [0.1, 0.15) is 18.5 Å². The SMILES string of the molecule is CCCC[C@@H](NC(C)=O)[C@@H](O)[C@H](O)[C@H](Cc1ccccc1)NC(=O)c1coc(NS(C)(=O)=O)n1. The number of carbonyl (C=O) groups excluding carboxylic acids is 2. The van der Waals surface area contributed by atoms with Crippen LogP contribution in [0, 0.1) is 0 Å². The number of nitrogens with one attached hydrogen (secondary N) is 3. The van der Waals surface area contributed by atoms with E-state index in [4.69, 9.17) is 4.42 Å². The minimum absolute atomic E-state index is 0.178. The number of anilines is 1. The number of benzene rings is 1. The first-order valence-corrected chi connectivity index (χ1v) is 12.8. The van der Waals surface area contributed by atoms with Gasteiger partial charge in [0.2, 0.25) is 15.9 Å². The van der Waals surface area contributed by atoms with E-state index in [-0.39, 0.29) is 24.0 Å². The molecule has 0 aliphatic heterocycles. The Morgan fingerprint density at radius 1 is 1.09 bits per heavy atom. The van der Waals surface area contributed by atoms with E-state index in [1.54, 1.807) is 12.1 Å². The largest absolute Gasteiger partial charge is 0.431 e. The normalized spacial score (nSPS) is 15.1. The topological polar surface area (TPSA) is 171 Å². The Labute approximate surface area is 199 Å². The van der Waals surface area contributed by atoms with Crippen LogP contribution in [-0.4, -0.2) is 66.0 Å². The van der Waals surface area contributed by atoms with Crippen molar-refractivity contribution in [3.8, 4) is 0 Å². The molecule has 0 spiro atoms. The first kappa shape index (κ1) is 27.3. The number of oxazole rings is 1. The van der Waals surface area contributed by atoms with E-state index in [0.717, 1.165) is 30.9 Å². The van der Waals surface area contributed by atoms with Crippen LogP contribution in [0.4, 0.5) is 6.01 Å². The zero-order valence-corrected chi connectivity index (χ0v) is 20.2. The summed E-state index contributed by atoms with van der Waals surface area (Å²) in [6, 6.07) is 7.02. The molecule has 5 N–H and O–H groups in total. The predicted molar refractivity (Wildman–Crippen MR) is 126 cm³/mol. The number of aliphatic hydroxyl groups is 2. The first-order valence-electron chi connectivity index (χ1n) is 10.9. The van der Waals surface area contributed by atoms with Gasteiger partial charge in [-0.2, -0.15) is 4.98 Å². The highest BCUT2D eigenvalue weighted by Crippen LogP contribution is 2.16. The van der Waals surface area contributed by atoms with Gasteiger partial charge in [-0.15, -0.1) is 0 Å². The van der Waals surface area contributed by atoms with Crippen LogP contribution >= 0.6 is 0 Å². The molecule has 0 radical (unpaired) electrons. The number of nitrogens with zero attached hydrogens (tertiary/aromatic N) is 1. The second kappa shape index (κ2) is 12.5. The van der Waals surface area contributed by atoms with Crippen LogP contribution in [-0.2, 0) is 21.2 Å². The number of rotatable bonds is 13. The second-order valence-corrected chi connectivity index (χ2v) is 9.86. The van der Waals surface area contributed by atoms with E-state index < -0.39 is 40.2 Å². The molecule has 2 aromatic rings. The fraction of sp³-hybridized carbons (Fsp3) is 0.500. The average Bonchev–Trinajstić information content (AvgIpc) is 3.22. The van der Waals surface area contributed by atoms with Gasteiger partial charge in [0.15, 0.2) is 5.69 Å². The van der Waals surface area contributed by atoms with Crippen molar-refractivity contribution in [2.45, 2.75) is 63.8 Å². The van der Waals surface area contributed by atoms with Crippen LogP contribution in [0.15, 0.2) is 41.0 Å². The van der Waals surface area contributed by atoms with Crippen molar-refractivity contribution >= 4 is 27.9 Å². The van der Waals surface area contributed by atoms with Gasteiger partial charge in [-0.1, -0.05) is 50.1 Å². The van der Waals surface area contributed by atoms with Gasteiger partial charge in [0, 0.05) is 6.92 Å². The van der Waals surface area contributed by atoms with Crippen LogP contribution in [0.1, 0.15) is 49.2 Å². The summed E-state index contributed by atoms with van der Waals surface area (Å²) in [5.41, 5.74) is 0.582. The predicted octanol–water partition coefficient (Wildman–Crippen LogP) is 0.804. The van der Waals surface area contributed by atoms with Crippen molar-refractivity contribution in [2.75, 3.05) is 11.0 Å². The lowest BCUT2D eigenvalue weighted by molar-refractivity contribution is -0.121. The van der Waals surface area contributed by atoms with Crippen molar-refractivity contribution in [1.29, 1.82) is 0 Å². The Morgan fingerprint density at radius 3 is 2.32 bits per heavy atom. The summed E-state index contributed by atoms with van der Waals surface area (Å²) in [6.07, 6.45) is 1.28. The van der Waals surface area contributed by atoms with E-state index in [0.29, 0.717) is 6.42 Å². The minimum atomic E-state index is -3.65. The smallest absolute Gasteiger partial charge is 0.309 e. The van der Waals surface area contributed by atoms with Gasteiger partial charge in [0.25, 0.3) is 5.91 Å². The third-order valence-electron chi connectivity index (χ3n) is 5.06. The Balaban J connectivity index is 2.24. The molecule has 0 saturated carbocycles. The maximum atomic E-state index is 12.8. The molecule has 1 heterocycles. The maximum absolute atomic E-state index is 12.8. The number of carbonyl (C=O) groups is 2. The molecule has 0 aliphatic carbocycles. The van der Waals surface area contributed by atoms with Gasteiger partial charge in [-0.05, 0) is 18.4 Å². The monoisotopic (exact) mass is 496 g/mol. The molecule has 4 atom stereocenters. The van der Waals surface area contributed by atoms with E-state index in [1.165, 1.54) is 6.92 Å². The molecule has 12 heteroatoms. The first-order chi connectivity index (χ1) is 16.0. The van der Waals surface area contributed by atoms with Crippen LogP contribution in [0.2, 0.25) is 0 Å². The van der Waals surface area contributed by atoms with Crippen molar-refractivity contribution in [2.24, 2.45) is 0 Å². The second-order valence-electron chi connectivity index (χ2n) is 8.11. The third-order valence-corrected chi connectivity index (χ3v) is 5.60. The molecule has 188 valence electrons. The number of aromatic nitrogens is 1. The molecule has 1 aromatic carbocycles. The number of amides is 2. The van der Waals surface area contributed by atoms with Crippen molar-refractivity contribution < 1.29 is 32.6 Å². The lowest BCUT2D eigenvalue weighted by Gasteiger charge is -2.32. The quantitative estimate of drug-likeness (QED) is 0.271. The van der Waals surface area contributed by atoms with Gasteiger partial charge < -0.3 is 25.3 Å². The minimum Gasteiger partial charge on any atom is -0.431 e. The Morgan fingerprint density at radius 2 is 1.74 bits per heavy atom. The van der Waals surface area contributed by atoms with Crippen LogP contribution < -0.4 is 15.4 Å². The van der Waals surface area contributed by atoms with Gasteiger partial charge in [0.05, 0.1) is 18.3 Å². The fourth-order valence-corrected chi connectivity index (χ4v) is 3.85. The summed E-state index contributed by atoms with van der Waals surface area (Å²) < 4.78 is 29.7. The van der Waals surface area contributed by atoms with E-state index in [9.17, 15) is 28.2 Å². The molecule has 11 nitrogen and oxygen atoms in total. The van der Waals surface area contributed by atoms with Crippen LogP contribution in [0.25, 0.3) is 0 Å². The van der Waals surface area contributed by atoms with Crippen LogP contribution in [0.5, 0.6) is 0 Å². The van der Waals surface area contributed by atoms with Gasteiger partial charge >= 0.3 is 6.01 Å². The summed E-state index contributed by atoms with van der Waals surface area (Å²) in [6.45, 7) is 3.30. The zero-order valence-electron chi connectivity index (χ0n) is 19.4. The Bertz CT molecular complexity index is 1040. The number of unbranched alkanes of at least 4 members (excludes halogenated alkanes) is 1. The van der Waals surface area contributed by atoms with E-state index in [2.05, 4.69) is 15.6 Å². The lowest BCUT2D eigenvalue weighted by Crippen LogP contribution is -2.56. The zero-order chi connectivity index (χ0) is 25.3. The van der Waals surface area contributed by atoms with Crippen molar-refractivity contribution in [3.63, 3.8) is 0 Å². The lowest BCUT2D eigenvalue weighted by atomic mass is 9.91. The fourth-order valence-electron chi connectivity index (χ4n) is 3.44. The molecule has 0 saturated heterocycles. The summed E-state index contributed by atoms with van der Waals surface area (Å²) in [7, 11) is -3.65. The van der Waals surface area contributed by atoms with Crippen LogP contribution in [0.3, 0.4) is 0 Å². The summed E-state index contributed by atoms with van der Waals surface area (Å²) in [4.78, 5) is 28.2. The highest BCUT2D eigenvalue weighted by atomic mass is 32.2. The molecule has 1 aromatic heterocycles. The average molecular weight is 497 g/mol. The van der Waals surface area contributed by atoms with Crippen molar-refractivity contribution in [1.82, 2.24) is 15.6 Å². The summed E-state index contributed by atoms with van der Waals surface area (Å²) >= 11 is 0. The van der Waals surface area contributed by atoms with Crippen molar-refractivity contribution in [3.05, 3.63) is 47.9 Å². The van der Waals surface area contributed by atoms with E-state index in [1.807, 2.05) is 29.8 Å². The van der Waals surface area contributed by atoms with Gasteiger partial charge in [-0.25, -0.2) is 13.1 Å². The van der Waals surface area contributed by atoms with Gasteiger partial charge in [-0.3, -0.25) is 9.59 Å². The maximum Gasteiger partial charge on any atom is 0.309 e. The Kier molecular flexibility index (Phi) is 10.0. The molecule has 0 fully saturated rings. The molecule has 0 bridgehead atoms. The number of hydrogen-bond donors (Lipinski definition) is 5. The molecule has 34 heavy (non-hydrogen) atoms.